The molecule has 0 aromatic heterocycles. The third kappa shape index (κ3) is 2.72. The molecular formula is C8H14N2S. The number of thioether (sulfide) groups is 1. The van der Waals surface area contributed by atoms with Gasteiger partial charge in [0.15, 0.2) is 0 Å². The van der Waals surface area contributed by atoms with Crippen LogP contribution in [0, 0.1) is 11.3 Å². The summed E-state index contributed by atoms with van der Waals surface area (Å²) in [6, 6.07) is 2.38. The third-order valence-electron chi connectivity index (χ3n) is 1.99. The van der Waals surface area contributed by atoms with Gasteiger partial charge < -0.3 is 0 Å². The molecule has 1 rings (SSSR count). The Kier molecular flexibility index (Phi) is 3.74. The second-order valence-electron chi connectivity index (χ2n) is 2.81. The maximum atomic E-state index is 8.68. The summed E-state index contributed by atoms with van der Waals surface area (Å²) in [6.45, 7) is 4.16. The van der Waals surface area contributed by atoms with Gasteiger partial charge in [-0.1, -0.05) is 0 Å². The fourth-order valence-corrected chi connectivity index (χ4v) is 2.14. The van der Waals surface area contributed by atoms with E-state index in [4.69, 9.17) is 5.26 Å². The van der Waals surface area contributed by atoms with Crippen molar-refractivity contribution < 1.29 is 0 Å². The summed E-state index contributed by atoms with van der Waals surface area (Å²) in [7, 11) is 0. The van der Waals surface area contributed by atoms with E-state index in [0.717, 1.165) is 13.1 Å². The van der Waals surface area contributed by atoms with Crippen LogP contribution in [0.2, 0.25) is 0 Å². The molecule has 0 radical (unpaired) electrons. The highest BCUT2D eigenvalue weighted by Crippen LogP contribution is 2.11. The minimum absolute atomic E-state index is 0.105. The average molecular weight is 170 g/mol. The Morgan fingerprint density at radius 1 is 1.45 bits per heavy atom. The minimum atomic E-state index is 0.105. The van der Waals surface area contributed by atoms with Crippen molar-refractivity contribution in [2.45, 2.75) is 19.4 Å². The lowest BCUT2D eigenvalue weighted by molar-refractivity contribution is 0.266. The number of nitrogens with zero attached hydrogens (tertiary/aromatic N) is 2. The maximum absolute atomic E-state index is 8.68. The molecule has 1 aliphatic heterocycles. The SMILES string of the molecule is CC(C#N)N1CCCSCC1. The maximum Gasteiger partial charge on any atom is 0.0949 e. The van der Waals surface area contributed by atoms with Crippen molar-refractivity contribution in [3.63, 3.8) is 0 Å². The fourth-order valence-electron chi connectivity index (χ4n) is 1.23. The lowest BCUT2D eigenvalue weighted by Crippen LogP contribution is -2.33. The van der Waals surface area contributed by atoms with Crippen LogP contribution in [0.25, 0.3) is 0 Å². The van der Waals surface area contributed by atoms with Crippen LogP contribution in [0.1, 0.15) is 13.3 Å². The number of hydrogen-bond donors (Lipinski definition) is 0. The molecule has 0 bridgehead atoms. The molecule has 1 saturated heterocycles. The number of nitriles is 1. The Hall–Kier alpha value is -0.200. The lowest BCUT2D eigenvalue weighted by atomic mass is 10.3. The molecule has 1 aliphatic rings. The monoisotopic (exact) mass is 170 g/mol. The van der Waals surface area contributed by atoms with Crippen molar-refractivity contribution in [1.82, 2.24) is 4.90 Å². The van der Waals surface area contributed by atoms with Gasteiger partial charge in [-0.05, 0) is 19.1 Å². The zero-order valence-corrected chi connectivity index (χ0v) is 7.73. The van der Waals surface area contributed by atoms with Gasteiger partial charge in [0.25, 0.3) is 0 Å². The van der Waals surface area contributed by atoms with Crippen molar-refractivity contribution in [3.8, 4) is 6.07 Å². The first-order chi connectivity index (χ1) is 5.34. The van der Waals surface area contributed by atoms with Gasteiger partial charge in [0.1, 0.15) is 0 Å². The molecule has 1 heterocycles. The van der Waals surface area contributed by atoms with E-state index >= 15 is 0 Å². The Morgan fingerprint density at radius 3 is 3.00 bits per heavy atom. The molecular weight excluding hydrogens is 156 g/mol. The van der Waals surface area contributed by atoms with Crippen LogP contribution in [-0.2, 0) is 0 Å². The van der Waals surface area contributed by atoms with Crippen molar-refractivity contribution in [2.75, 3.05) is 24.6 Å². The highest BCUT2D eigenvalue weighted by atomic mass is 32.2. The highest BCUT2D eigenvalue weighted by Gasteiger charge is 2.14. The summed E-state index contributed by atoms with van der Waals surface area (Å²) in [5, 5.41) is 8.68. The summed E-state index contributed by atoms with van der Waals surface area (Å²) in [4.78, 5) is 2.26. The van der Waals surface area contributed by atoms with E-state index in [-0.39, 0.29) is 6.04 Å². The molecule has 11 heavy (non-hydrogen) atoms. The van der Waals surface area contributed by atoms with Gasteiger partial charge in [0.05, 0.1) is 12.1 Å². The average Bonchev–Trinajstić information content (AvgIpc) is 2.30. The molecule has 0 aromatic carbocycles. The largest absolute Gasteiger partial charge is 0.287 e. The summed E-state index contributed by atoms with van der Waals surface area (Å²) in [5.41, 5.74) is 0. The normalized spacial score (nSPS) is 23.6. The van der Waals surface area contributed by atoms with Gasteiger partial charge in [-0.2, -0.15) is 17.0 Å². The molecule has 2 nitrogen and oxygen atoms in total. The van der Waals surface area contributed by atoms with E-state index in [1.54, 1.807) is 0 Å². The molecule has 62 valence electrons. The zero-order chi connectivity index (χ0) is 8.10. The topological polar surface area (TPSA) is 27.0 Å². The molecule has 0 saturated carbocycles. The van der Waals surface area contributed by atoms with Crippen LogP contribution < -0.4 is 0 Å². The van der Waals surface area contributed by atoms with Crippen molar-refractivity contribution in [2.24, 2.45) is 0 Å². The first-order valence-electron chi connectivity index (χ1n) is 4.06. The number of rotatable bonds is 1. The predicted octanol–water partition coefficient (Wildman–Crippen LogP) is 1.34. The van der Waals surface area contributed by atoms with Crippen LogP contribution in [-0.4, -0.2) is 35.5 Å². The Balaban J connectivity index is 2.37. The molecule has 0 amide bonds. The van der Waals surface area contributed by atoms with Crippen LogP contribution in [0.3, 0.4) is 0 Å². The summed E-state index contributed by atoms with van der Waals surface area (Å²) < 4.78 is 0. The van der Waals surface area contributed by atoms with E-state index in [1.165, 1.54) is 17.9 Å². The van der Waals surface area contributed by atoms with Crippen molar-refractivity contribution in [3.05, 3.63) is 0 Å². The Bertz CT molecular complexity index is 145. The molecule has 0 aromatic rings. The van der Waals surface area contributed by atoms with Gasteiger partial charge in [0.2, 0.25) is 0 Å². The van der Waals surface area contributed by atoms with Crippen LogP contribution in [0.15, 0.2) is 0 Å². The smallest absolute Gasteiger partial charge is 0.0949 e. The highest BCUT2D eigenvalue weighted by molar-refractivity contribution is 7.99. The van der Waals surface area contributed by atoms with E-state index in [9.17, 15) is 0 Å². The van der Waals surface area contributed by atoms with Gasteiger partial charge in [-0.15, -0.1) is 0 Å². The first-order valence-corrected chi connectivity index (χ1v) is 5.21. The third-order valence-corrected chi connectivity index (χ3v) is 3.04. The lowest BCUT2D eigenvalue weighted by Gasteiger charge is -2.21. The van der Waals surface area contributed by atoms with Crippen LogP contribution in [0.5, 0.6) is 0 Å². The second-order valence-corrected chi connectivity index (χ2v) is 4.03. The van der Waals surface area contributed by atoms with Crippen molar-refractivity contribution >= 4 is 11.8 Å². The molecule has 1 fully saturated rings. The summed E-state index contributed by atoms with van der Waals surface area (Å²) in [6.07, 6.45) is 1.23. The Morgan fingerprint density at radius 2 is 2.27 bits per heavy atom. The Labute approximate surface area is 72.6 Å². The van der Waals surface area contributed by atoms with Gasteiger partial charge in [-0.25, -0.2) is 0 Å². The molecule has 0 spiro atoms. The molecule has 0 aliphatic carbocycles. The molecule has 1 unspecified atom stereocenters. The zero-order valence-electron chi connectivity index (χ0n) is 6.92. The van der Waals surface area contributed by atoms with E-state index < -0.39 is 0 Å². The van der Waals surface area contributed by atoms with Gasteiger partial charge >= 0.3 is 0 Å². The quantitative estimate of drug-likeness (QED) is 0.594. The molecule has 1 atom stereocenters. The van der Waals surface area contributed by atoms with Crippen LogP contribution in [0.4, 0.5) is 0 Å². The van der Waals surface area contributed by atoms with Gasteiger partial charge in [0, 0.05) is 18.8 Å². The van der Waals surface area contributed by atoms with E-state index in [0.29, 0.717) is 0 Å². The second kappa shape index (κ2) is 4.63. The number of hydrogen-bond acceptors (Lipinski definition) is 3. The minimum Gasteiger partial charge on any atom is -0.287 e. The first kappa shape index (κ1) is 8.89. The van der Waals surface area contributed by atoms with E-state index in [1.807, 2.05) is 18.7 Å². The summed E-state index contributed by atoms with van der Waals surface area (Å²) in [5.74, 6) is 2.45. The van der Waals surface area contributed by atoms with Crippen LogP contribution >= 0.6 is 11.8 Å². The summed E-state index contributed by atoms with van der Waals surface area (Å²) >= 11 is 2.00. The molecule has 0 N–H and O–H groups in total. The molecule has 3 heteroatoms. The standard InChI is InChI=1S/C8H14N2S/c1-8(7-9)10-3-2-5-11-6-4-10/h8H,2-6H2,1H3. The van der Waals surface area contributed by atoms with Gasteiger partial charge in [-0.3, -0.25) is 4.90 Å². The van der Waals surface area contributed by atoms with Crippen molar-refractivity contribution in [1.29, 1.82) is 5.26 Å². The van der Waals surface area contributed by atoms with E-state index in [2.05, 4.69) is 11.0 Å². The predicted molar refractivity (Wildman–Crippen MR) is 48.6 cm³/mol. The fraction of sp³-hybridized carbons (Fsp3) is 0.875.